The quantitative estimate of drug-likeness (QED) is 0.434. The van der Waals surface area contributed by atoms with Gasteiger partial charge in [-0.2, -0.15) is 0 Å². The topological polar surface area (TPSA) is 12.0 Å². The zero-order chi connectivity index (χ0) is 11.8. The molecule has 0 bridgehead atoms. The van der Waals surface area contributed by atoms with Crippen molar-refractivity contribution in [3.05, 3.63) is 0 Å². The molecule has 0 heterocycles. The summed E-state index contributed by atoms with van der Waals surface area (Å²) in [5.41, 5.74) is 0. The third-order valence-corrected chi connectivity index (χ3v) is 3.82. The lowest BCUT2D eigenvalue weighted by Gasteiger charge is -2.18. The molecule has 0 spiro atoms. The lowest BCUT2D eigenvalue weighted by molar-refractivity contribution is 0.338. The van der Waals surface area contributed by atoms with Crippen LogP contribution in [0.2, 0.25) is 0 Å². The first-order valence-corrected chi connectivity index (χ1v) is 6.87. The molecular formula is C15H27N. The highest BCUT2D eigenvalue weighted by molar-refractivity contribution is 4.95. The fourth-order valence-electron chi connectivity index (χ4n) is 2.66. The number of rotatable bonds is 4. The van der Waals surface area contributed by atoms with E-state index >= 15 is 0 Å². The Labute approximate surface area is 101 Å². The van der Waals surface area contributed by atoms with Crippen LogP contribution in [-0.2, 0) is 0 Å². The minimum atomic E-state index is 0.752. The third-order valence-electron chi connectivity index (χ3n) is 3.82. The molecule has 16 heavy (non-hydrogen) atoms. The minimum Gasteiger partial charge on any atom is -0.313 e. The lowest BCUT2D eigenvalue weighted by Crippen LogP contribution is -2.29. The van der Waals surface area contributed by atoms with Gasteiger partial charge in [-0.3, -0.25) is 0 Å². The van der Waals surface area contributed by atoms with E-state index in [2.05, 4.69) is 31.0 Å². The molecule has 1 aliphatic rings. The maximum atomic E-state index is 3.65. The molecule has 0 aromatic heterocycles. The summed E-state index contributed by atoms with van der Waals surface area (Å²) in [7, 11) is 0. The van der Waals surface area contributed by atoms with Crippen molar-refractivity contribution in [2.24, 2.45) is 11.8 Å². The summed E-state index contributed by atoms with van der Waals surface area (Å²) in [4.78, 5) is 0. The van der Waals surface area contributed by atoms with Gasteiger partial charge < -0.3 is 5.32 Å². The molecule has 0 aromatic carbocycles. The van der Waals surface area contributed by atoms with E-state index in [0.717, 1.165) is 30.8 Å². The van der Waals surface area contributed by atoms with Crippen molar-refractivity contribution in [1.82, 2.24) is 5.32 Å². The highest BCUT2D eigenvalue weighted by Gasteiger charge is 2.20. The summed E-state index contributed by atoms with van der Waals surface area (Å²) in [6, 6.07) is 0.752. The standard InChI is InChI=1S/C15H27N/c1-4-5-6-12-16-15-9-7-8-14(10-11-15)13(2)3/h13-16H,6-12H2,1-3H3. The lowest BCUT2D eigenvalue weighted by atomic mass is 9.89. The van der Waals surface area contributed by atoms with Crippen LogP contribution in [0.15, 0.2) is 0 Å². The van der Waals surface area contributed by atoms with Crippen LogP contribution in [0.1, 0.15) is 59.3 Å². The molecule has 1 heteroatoms. The molecule has 1 aliphatic carbocycles. The van der Waals surface area contributed by atoms with Crippen LogP contribution in [0.4, 0.5) is 0 Å². The first-order chi connectivity index (χ1) is 7.74. The Balaban J connectivity index is 2.21. The van der Waals surface area contributed by atoms with Gasteiger partial charge in [0.2, 0.25) is 0 Å². The predicted molar refractivity (Wildman–Crippen MR) is 71.3 cm³/mol. The van der Waals surface area contributed by atoms with Gasteiger partial charge in [-0.1, -0.05) is 26.7 Å². The van der Waals surface area contributed by atoms with Gasteiger partial charge in [0.15, 0.2) is 0 Å². The van der Waals surface area contributed by atoms with Crippen molar-refractivity contribution in [1.29, 1.82) is 0 Å². The molecule has 0 radical (unpaired) electrons. The number of nitrogens with one attached hydrogen (secondary N) is 1. The fraction of sp³-hybridized carbons (Fsp3) is 0.867. The Bertz CT molecular complexity index is 234. The molecule has 92 valence electrons. The monoisotopic (exact) mass is 221 g/mol. The van der Waals surface area contributed by atoms with Gasteiger partial charge in [-0.25, -0.2) is 0 Å². The molecule has 1 rings (SSSR count). The Morgan fingerprint density at radius 2 is 2.00 bits per heavy atom. The Hall–Kier alpha value is -0.480. The molecule has 2 atom stereocenters. The molecule has 0 amide bonds. The maximum Gasteiger partial charge on any atom is 0.0214 e. The second kappa shape index (κ2) is 7.74. The van der Waals surface area contributed by atoms with Crippen molar-refractivity contribution >= 4 is 0 Å². The molecule has 0 aromatic rings. The highest BCUT2D eigenvalue weighted by Crippen LogP contribution is 2.28. The average molecular weight is 221 g/mol. The normalized spacial score (nSPS) is 26.0. The molecule has 1 fully saturated rings. The molecule has 1 nitrogen and oxygen atoms in total. The molecule has 1 N–H and O–H groups in total. The molecule has 0 saturated heterocycles. The van der Waals surface area contributed by atoms with Gasteiger partial charge >= 0.3 is 0 Å². The predicted octanol–water partition coefficient (Wildman–Crippen LogP) is 3.59. The summed E-state index contributed by atoms with van der Waals surface area (Å²) in [5.74, 6) is 7.89. The van der Waals surface area contributed by atoms with Crippen LogP contribution in [0.3, 0.4) is 0 Å². The fourth-order valence-corrected chi connectivity index (χ4v) is 2.66. The smallest absolute Gasteiger partial charge is 0.0214 e. The highest BCUT2D eigenvalue weighted by atomic mass is 14.9. The van der Waals surface area contributed by atoms with E-state index in [1.807, 2.05) is 6.92 Å². The first-order valence-electron chi connectivity index (χ1n) is 6.87. The number of hydrogen-bond donors (Lipinski definition) is 1. The van der Waals surface area contributed by atoms with Gasteiger partial charge in [0.25, 0.3) is 0 Å². The summed E-state index contributed by atoms with van der Waals surface area (Å²) in [6.07, 6.45) is 7.98. The van der Waals surface area contributed by atoms with Crippen molar-refractivity contribution in [2.75, 3.05) is 6.54 Å². The molecular weight excluding hydrogens is 194 g/mol. The minimum absolute atomic E-state index is 0.752. The van der Waals surface area contributed by atoms with Crippen molar-refractivity contribution in [3.63, 3.8) is 0 Å². The van der Waals surface area contributed by atoms with Gasteiger partial charge in [0, 0.05) is 19.0 Å². The summed E-state index contributed by atoms with van der Waals surface area (Å²) >= 11 is 0. The molecule has 2 unspecified atom stereocenters. The van der Waals surface area contributed by atoms with Crippen molar-refractivity contribution in [3.8, 4) is 11.8 Å². The third kappa shape index (κ3) is 5.03. The van der Waals surface area contributed by atoms with Crippen LogP contribution in [0.25, 0.3) is 0 Å². The van der Waals surface area contributed by atoms with E-state index in [4.69, 9.17) is 0 Å². The molecule has 0 aliphatic heterocycles. The second-order valence-electron chi connectivity index (χ2n) is 5.34. The van der Waals surface area contributed by atoms with E-state index in [9.17, 15) is 0 Å². The SMILES string of the molecule is CC#CCCNC1CCCC(C(C)C)CC1. The summed E-state index contributed by atoms with van der Waals surface area (Å²) in [5, 5.41) is 3.65. The maximum absolute atomic E-state index is 3.65. The Morgan fingerprint density at radius 1 is 1.19 bits per heavy atom. The zero-order valence-corrected chi connectivity index (χ0v) is 11.2. The van der Waals surface area contributed by atoms with Gasteiger partial charge in [-0.05, 0) is 38.0 Å². The van der Waals surface area contributed by atoms with Crippen LogP contribution in [0, 0.1) is 23.7 Å². The van der Waals surface area contributed by atoms with Crippen LogP contribution < -0.4 is 5.32 Å². The van der Waals surface area contributed by atoms with Crippen LogP contribution in [-0.4, -0.2) is 12.6 Å². The van der Waals surface area contributed by atoms with E-state index < -0.39 is 0 Å². The van der Waals surface area contributed by atoms with Crippen LogP contribution in [0.5, 0.6) is 0 Å². The van der Waals surface area contributed by atoms with Crippen molar-refractivity contribution < 1.29 is 0 Å². The van der Waals surface area contributed by atoms with Gasteiger partial charge in [-0.15, -0.1) is 11.8 Å². The van der Waals surface area contributed by atoms with E-state index in [0.29, 0.717) is 0 Å². The first kappa shape index (κ1) is 13.6. The summed E-state index contributed by atoms with van der Waals surface area (Å²) < 4.78 is 0. The van der Waals surface area contributed by atoms with Gasteiger partial charge in [0.1, 0.15) is 0 Å². The van der Waals surface area contributed by atoms with E-state index in [-0.39, 0.29) is 0 Å². The Morgan fingerprint density at radius 3 is 2.69 bits per heavy atom. The Kier molecular flexibility index (Phi) is 6.57. The average Bonchev–Trinajstić information content (AvgIpc) is 2.50. The zero-order valence-electron chi connectivity index (χ0n) is 11.2. The summed E-state index contributed by atoms with van der Waals surface area (Å²) in [6.45, 7) is 7.72. The molecule has 1 saturated carbocycles. The van der Waals surface area contributed by atoms with Crippen molar-refractivity contribution in [2.45, 2.75) is 65.3 Å². The largest absolute Gasteiger partial charge is 0.313 e. The second-order valence-corrected chi connectivity index (χ2v) is 5.34. The van der Waals surface area contributed by atoms with Crippen LogP contribution >= 0.6 is 0 Å². The van der Waals surface area contributed by atoms with Gasteiger partial charge in [0.05, 0.1) is 0 Å². The van der Waals surface area contributed by atoms with E-state index in [1.54, 1.807) is 0 Å². The number of hydrogen-bond acceptors (Lipinski definition) is 1. The van der Waals surface area contributed by atoms with E-state index in [1.165, 1.54) is 32.1 Å².